The van der Waals surface area contributed by atoms with Crippen LogP contribution in [0, 0.1) is 0 Å². The largest absolute Gasteiger partial charge is 0.508 e. The van der Waals surface area contributed by atoms with Gasteiger partial charge in [-0.1, -0.05) is 5.21 Å². The van der Waals surface area contributed by atoms with Gasteiger partial charge in [0.2, 0.25) is 0 Å². The lowest BCUT2D eigenvalue weighted by Gasteiger charge is -1.99. The van der Waals surface area contributed by atoms with Crippen LogP contribution in [0.5, 0.6) is 11.5 Å². The SMILES string of the molecule is Oc1ccc(-c2cn(-c3ccc(O)cc3)nn2)cc1. The number of hydrogen-bond acceptors (Lipinski definition) is 4. The monoisotopic (exact) mass is 253 g/mol. The molecule has 2 aromatic carbocycles. The predicted octanol–water partition coefficient (Wildman–Crippen LogP) is 2.35. The van der Waals surface area contributed by atoms with Crippen LogP contribution in [-0.4, -0.2) is 25.2 Å². The van der Waals surface area contributed by atoms with E-state index in [2.05, 4.69) is 10.3 Å². The van der Waals surface area contributed by atoms with E-state index in [9.17, 15) is 10.2 Å². The van der Waals surface area contributed by atoms with Gasteiger partial charge in [0.25, 0.3) is 0 Å². The standard InChI is InChI=1S/C14H11N3O2/c18-12-5-1-10(2-6-12)14-9-17(16-15-14)11-3-7-13(19)8-4-11/h1-9,18-19H. The van der Waals surface area contributed by atoms with Gasteiger partial charge >= 0.3 is 0 Å². The highest BCUT2D eigenvalue weighted by molar-refractivity contribution is 5.59. The molecule has 0 bridgehead atoms. The molecule has 0 aliphatic rings. The molecule has 3 aromatic rings. The third kappa shape index (κ3) is 2.26. The van der Waals surface area contributed by atoms with Crippen molar-refractivity contribution in [2.45, 2.75) is 0 Å². The van der Waals surface area contributed by atoms with Crippen LogP contribution in [0.1, 0.15) is 0 Å². The molecule has 0 fully saturated rings. The van der Waals surface area contributed by atoms with Crippen molar-refractivity contribution in [1.82, 2.24) is 15.0 Å². The Balaban J connectivity index is 1.95. The highest BCUT2D eigenvalue weighted by Gasteiger charge is 2.05. The minimum atomic E-state index is 0.211. The van der Waals surface area contributed by atoms with Gasteiger partial charge in [0, 0.05) is 5.56 Å². The van der Waals surface area contributed by atoms with Crippen molar-refractivity contribution in [2.24, 2.45) is 0 Å². The summed E-state index contributed by atoms with van der Waals surface area (Å²) in [6.07, 6.45) is 1.79. The van der Waals surface area contributed by atoms with Gasteiger partial charge in [-0.3, -0.25) is 0 Å². The van der Waals surface area contributed by atoms with Crippen LogP contribution in [0.25, 0.3) is 16.9 Å². The fourth-order valence-corrected chi connectivity index (χ4v) is 1.76. The maximum atomic E-state index is 9.25. The minimum absolute atomic E-state index is 0.211. The fraction of sp³-hybridized carbons (Fsp3) is 0. The molecule has 5 heteroatoms. The first-order valence-electron chi connectivity index (χ1n) is 5.73. The molecular weight excluding hydrogens is 242 g/mol. The Morgan fingerprint density at radius 1 is 0.789 bits per heavy atom. The first-order chi connectivity index (χ1) is 9.22. The van der Waals surface area contributed by atoms with E-state index in [1.807, 2.05) is 0 Å². The van der Waals surface area contributed by atoms with Crippen LogP contribution in [-0.2, 0) is 0 Å². The molecule has 1 heterocycles. The number of rotatable bonds is 2. The maximum Gasteiger partial charge on any atom is 0.115 e. The quantitative estimate of drug-likeness (QED) is 0.735. The predicted molar refractivity (Wildman–Crippen MR) is 70.1 cm³/mol. The maximum absolute atomic E-state index is 9.25. The molecule has 19 heavy (non-hydrogen) atoms. The molecule has 0 spiro atoms. The molecule has 0 radical (unpaired) electrons. The summed E-state index contributed by atoms with van der Waals surface area (Å²) in [6.45, 7) is 0. The zero-order valence-corrected chi connectivity index (χ0v) is 9.93. The topological polar surface area (TPSA) is 71.2 Å². The molecule has 0 unspecified atom stereocenters. The highest BCUT2D eigenvalue weighted by Crippen LogP contribution is 2.21. The smallest absolute Gasteiger partial charge is 0.115 e. The van der Waals surface area contributed by atoms with E-state index in [0.29, 0.717) is 5.69 Å². The summed E-state index contributed by atoms with van der Waals surface area (Å²) in [6, 6.07) is 13.5. The first kappa shape index (κ1) is 11.3. The number of benzene rings is 2. The Labute approximate surface area is 109 Å². The molecule has 1 aromatic heterocycles. The summed E-state index contributed by atoms with van der Waals surface area (Å²) in [5.74, 6) is 0.428. The Bertz CT molecular complexity index is 627. The molecule has 3 rings (SSSR count). The van der Waals surface area contributed by atoms with E-state index < -0.39 is 0 Å². The van der Waals surface area contributed by atoms with E-state index in [4.69, 9.17) is 0 Å². The molecule has 0 aliphatic carbocycles. The zero-order chi connectivity index (χ0) is 13.2. The number of aromatic nitrogens is 3. The molecule has 0 saturated carbocycles. The summed E-state index contributed by atoms with van der Waals surface area (Å²) < 4.78 is 1.63. The molecule has 0 saturated heterocycles. The molecule has 0 atom stereocenters. The van der Waals surface area contributed by atoms with Crippen molar-refractivity contribution < 1.29 is 10.2 Å². The summed E-state index contributed by atoms with van der Waals surface area (Å²) in [7, 11) is 0. The zero-order valence-electron chi connectivity index (χ0n) is 9.93. The van der Waals surface area contributed by atoms with Crippen molar-refractivity contribution >= 4 is 0 Å². The van der Waals surface area contributed by atoms with Crippen LogP contribution in [0.15, 0.2) is 54.7 Å². The lowest BCUT2D eigenvalue weighted by molar-refractivity contribution is 0.474. The van der Waals surface area contributed by atoms with Crippen LogP contribution < -0.4 is 0 Å². The molecule has 0 aliphatic heterocycles. The third-order valence-corrected chi connectivity index (χ3v) is 2.77. The Morgan fingerprint density at radius 3 is 2.00 bits per heavy atom. The number of phenols is 2. The summed E-state index contributed by atoms with van der Waals surface area (Å²) in [5.41, 5.74) is 2.41. The van der Waals surface area contributed by atoms with E-state index in [0.717, 1.165) is 11.3 Å². The number of phenolic OH excluding ortho intramolecular Hbond substituents is 2. The average molecular weight is 253 g/mol. The third-order valence-electron chi connectivity index (χ3n) is 2.77. The average Bonchev–Trinajstić information content (AvgIpc) is 2.90. The van der Waals surface area contributed by atoms with Crippen LogP contribution >= 0.6 is 0 Å². The van der Waals surface area contributed by atoms with Gasteiger partial charge in [-0.25, -0.2) is 4.68 Å². The molecule has 0 amide bonds. The minimum Gasteiger partial charge on any atom is -0.508 e. The fourth-order valence-electron chi connectivity index (χ4n) is 1.76. The van der Waals surface area contributed by atoms with Gasteiger partial charge in [-0.2, -0.15) is 0 Å². The van der Waals surface area contributed by atoms with Crippen LogP contribution in [0.3, 0.4) is 0 Å². The van der Waals surface area contributed by atoms with Crippen molar-refractivity contribution in [3.63, 3.8) is 0 Å². The molecule has 5 nitrogen and oxygen atoms in total. The van der Waals surface area contributed by atoms with Gasteiger partial charge < -0.3 is 10.2 Å². The highest BCUT2D eigenvalue weighted by atomic mass is 16.3. The Kier molecular flexibility index (Phi) is 2.64. The lowest BCUT2D eigenvalue weighted by atomic mass is 10.2. The van der Waals surface area contributed by atoms with Gasteiger partial charge in [-0.05, 0) is 48.5 Å². The van der Waals surface area contributed by atoms with Crippen molar-refractivity contribution in [3.05, 3.63) is 54.7 Å². The first-order valence-corrected chi connectivity index (χ1v) is 5.73. The number of hydrogen-bond donors (Lipinski definition) is 2. The van der Waals surface area contributed by atoms with Gasteiger partial charge in [0.05, 0.1) is 11.9 Å². The van der Waals surface area contributed by atoms with E-state index in [1.54, 1.807) is 59.4 Å². The second-order valence-corrected chi connectivity index (χ2v) is 4.11. The summed E-state index contributed by atoms with van der Waals surface area (Å²) >= 11 is 0. The van der Waals surface area contributed by atoms with Crippen molar-refractivity contribution in [1.29, 1.82) is 0 Å². The lowest BCUT2D eigenvalue weighted by Crippen LogP contribution is -1.93. The number of aromatic hydroxyl groups is 2. The van der Waals surface area contributed by atoms with Gasteiger partial charge in [0.1, 0.15) is 17.2 Å². The van der Waals surface area contributed by atoms with Crippen LogP contribution in [0.2, 0.25) is 0 Å². The second kappa shape index (κ2) is 4.45. The molecule has 2 N–H and O–H groups in total. The van der Waals surface area contributed by atoms with E-state index >= 15 is 0 Å². The summed E-state index contributed by atoms with van der Waals surface area (Å²) in [5, 5.41) is 26.6. The van der Waals surface area contributed by atoms with E-state index in [-0.39, 0.29) is 11.5 Å². The molecular formula is C14H11N3O2. The van der Waals surface area contributed by atoms with Gasteiger partial charge in [0.15, 0.2) is 0 Å². The second-order valence-electron chi connectivity index (χ2n) is 4.11. The van der Waals surface area contributed by atoms with Gasteiger partial charge in [-0.15, -0.1) is 5.10 Å². The summed E-state index contributed by atoms with van der Waals surface area (Å²) in [4.78, 5) is 0. The number of nitrogens with zero attached hydrogens (tertiary/aromatic N) is 3. The van der Waals surface area contributed by atoms with Crippen molar-refractivity contribution in [3.8, 4) is 28.4 Å². The Morgan fingerprint density at radius 2 is 1.37 bits per heavy atom. The van der Waals surface area contributed by atoms with Crippen LogP contribution in [0.4, 0.5) is 0 Å². The molecule has 94 valence electrons. The normalized spacial score (nSPS) is 10.5. The Hall–Kier alpha value is -2.82. The van der Waals surface area contributed by atoms with E-state index in [1.165, 1.54) is 0 Å². The van der Waals surface area contributed by atoms with Crippen molar-refractivity contribution in [2.75, 3.05) is 0 Å².